The quantitative estimate of drug-likeness (QED) is 0.623. The standard InChI is InChI=1S/C4H9NS.2CH4/c1-4(5-2)6-3;;/h5H,1H2,2-3H3;2*1H4. The van der Waals surface area contributed by atoms with E-state index in [1.807, 2.05) is 13.3 Å². The van der Waals surface area contributed by atoms with Crippen LogP contribution in [0.3, 0.4) is 0 Å². The minimum atomic E-state index is 0. The van der Waals surface area contributed by atoms with Crippen LogP contribution in [-0.4, -0.2) is 13.3 Å². The van der Waals surface area contributed by atoms with Crippen molar-refractivity contribution in [3.63, 3.8) is 0 Å². The Morgan fingerprint density at radius 2 is 1.88 bits per heavy atom. The average Bonchev–Trinajstić information content (AvgIpc) is 1.65. The van der Waals surface area contributed by atoms with Crippen LogP contribution in [0.5, 0.6) is 0 Å². The van der Waals surface area contributed by atoms with E-state index < -0.39 is 0 Å². The third kappa shape index (κ3) is 9.31. The molecule has 1 nitrogen and oxygen atoms in total. The molecule has 0 radical (unpaired) electrons. The SMILES string of the molecule is C.C.C=C(NC)SC. The van der Waals surface area contributed by atoms with Crippen molar-refractivity contribution in [2.75, 3.05) is 13.3 Å². The van der Waals surface area contributed by atoms with Crippen molar-refractivity contribution >= 4 is 11.8 Å². The first-order valence-corrected chi connectivity index (χ1v) is 2.94. The summed E-state index contributed by atoms with van der Waals surface area (Å²) in [5.41, 5.74) is 0. The van der Waals surface area contributed by atoms with E-state index in [1.54, 1.807) is 11.8 Å². The summed E-state index contributed by atoms with van der Waals surface area (Å²) in [4.78, 5) is 0. The van der Waals surface area contributed by atoms with Gasteiger partial charge >= 0.3 is 0 Å². The number of rotatable bonds is 2. The van der Waals surface area contributed by atoms with Gasteiger partial charge < -0.3 is 5.32 Å². The summed E-state index contributed by atoms with van der Waals surface area (Å²) in [6.45, 7) is 3.64. The van der Waals surface area contributed by atoms with E-state index in [9.17, 15) is 0 Å². The lowest BCUT2D eigenvalue weighted by molar-refractivity contribution is 1.09. The Labute approximate surface area is 57.6 Å². The summed E-state index contributed by atoms with van der Waals surface area (Å²) < 4.78 is 0. The Bertz CT molecular complexity index is 46.5. The maximum Gasteiger partial charge on any atom is 0.0602 e. The molecule has 0 atom stereocenters. The molecule has 0 unspecified atom stereocenters. The molecule has 0 aliphatic carbocycles. The van der Waals surface area contributed by atoms with Crippen LogP contribution in [0.4, 0.5) is 0 Å². The fourth-order valence-electron chi connectivity index (χ4n) is 0.102. The van der Waals surface area contributed by atoms with Gasteiger partial charge in [-0.1, -0.05) is 21.4 Å². The van der Waals surface area contributed by atoms with Crippen LogP contribution in [0.1, 0.15) is 14.9 Å². The van der Waals surface area contributed by atoms with Gasteiger partial charge in [0, 0.05) is 7.05 Å². The van der Waals surface area contributed by atoms with Crippen molar-refractivity contribution < 1.29 is 0 Å². The van der Waals surface area contributed by atoms with E-state index >= 15 is 0 Å². The summed E-state index contributed by atoms with van der Waals surface area (Å²) in [6, 6.07) is 0. The first-order chi connectivity index (χ1) is 2.81. The van der Waals surface area contributed by atoms with Crippen molar-refractivity contribution in [1.29, 1.82) is 0 Å². The summed E-state index contributed by atoms with van der Waals surface area (Å²) in [6.07, 6.45) is 1.98. The largest absolute Gasteiger partial charge is 0.383 e. The van der Waals surface area contributed by atoms with Crippen molar-refractivity contribution in [3.05, 3.63) is 11.6 Å². The minimum absolute atomic E-state index is 0. The van der Waals surface area contributed by atoms with Crippen LogP contribution in [0, 0.1) is 0 Å². The zero-order valence-electron chi connectivity index (χ0n) is 4.12. The van der Waals surface area contributed by atoms with Crippen LogP contribution < -0.4 is 5.32 Å². The highest BCUT2D eigenvalue weighted by atomic mass is 32.2. The summed E-state index contributed by atoms with van der Waals surface area (Å²) in [5.74, 6) is 0. The van der Waals surface area contributed by atoms with Gasteiger partial charge in [-0.15, -0.1) is 11.8 Å². The number of hydrogen-bond acceptors (Lipinski definition) is 2. The maximum absolute atomic E-state index is 3.64. The smallest absolute Gasteiger partial charge is 0.0602 e. The van der Waals surface area contributed by atoms with E-state index in [4.69, 9.17) is 0 Å². The molecule has 0 bridgehead atoms. The molecule has 0 heterocycles. The lowest BCUT2D eigenvalue weighted by Crippen LogP contribution is -1.98. The molecule has 0 aromatic rings. The topological polar surface area (TPSA) is 12.0 Å². The van der Waals surface area contributed by atoms with Gasteiger partial charge in [0.25, 0.3) is 0 Å². The van der Waals surface area contributed by atoms with E-state index in [2.05, 4.69) is 11.9 Å². The third-order valence-electron chi connectivity index (χ3n) is 0.525. The van der Waals surface area contributed by atoms with Crippen LogP contribution in [-0.2, 0) is 0 Å². The Hall–Kier alpha value is -0.110. The second kappa shape index (κ2) is 10.00. The molecule has 0 amide bonds. The van der Waals surface area contributed by atoms with Gasteiger partial charge in [0.1, 0.15) is 0 Å². The first-order valence-electron chi connectivity index (χ1n) is 1.72. The number of hydrogen-bond donors (Lipinski definition) is 1. The molecule has 0 aromatic carbocycles. The summed E-state index contributed by atoms with van der Waals surface area (Å²) in [5, 5.41) is 3.89. The minimum Gasteiger partial charge on any atom is -0.383 e. The zero-order chi connectivity index (χ0) is 4.99. The predicted molar refractivity (Wildman–Crippen MR) is 45.2 cm³/mol. The molecular formula is C6H17NS. The Kier molecular flexibility index (Phi) is 19.6. The molecule has 0 saturated carbocycles. The third-order valence-corrected chi connectivity index (χ3v) is 1.22. The highest BCUT2D eigenvalue weighted by molar-refractivity contribution is 8.02. The van der Waals surface area contributed by atoms with E-state index in [0.717, 1.165) is 5.03 Å². The molecule has 1 N–H and O–H groups in total. The van der Waals surface area contributed by atoms with E-state index in [-0.39, 0.29) is 14.9 Å². The maximum atomic E-state index is 3.64. The van der Waals surface area contributed by atoms with Crippen molar-refractivity contribution in [1.82, 2.24) is 5.32 Å². The second-order valence-corrected chi connectivity index (χ2v) is 1.78. The van der Waals surface area contributed by atoms with Crippen LogP contribution in [0.25, 0.3) is 0 Å². The van der Waals surface area contributed by atoms with Gasteiger partial charge in [-0.2, -0.15) is 0 Å². The molecule has 0 spiro atoms. The molecule has 52 valence electrons. The monoisotopic (exact) mass is 135 g/mol. The van der Waals surface area contributed by atoms with Gasteiger partial charge in [0.2, 0.25) is 0 Å². The Balaban J connectivity index is -0.000000125. The van der Waals surface area contributed by atoms with Crippen LogP contribution >= 0.6 is 11.8 Å². The van der Waals surface area contributed by atoms with Gasteiger partial charge in [0.05, 0.1) is 5.03 Å². The number of thioether (sulfide) groups is 1. The molecule has 0 aromatic heterocycles. The highest BCUT2D eigenvalue weighted by Gasteiger charge is 1.75. The zero-order valence-corrected chi connectivity index (χ0v) is 4.93. The number of nitrogens with one attached hydrogen (secondary N) is 1. The average molecular weight is 135 g/mol. The normalized spacial score (nSPS) is 5.75. The molecule has 0 rings (SSSR count). The molecule has 0 aliphatic heterocycles. The van der Waals surface area contributed by atoms with Gasteiger partial charge in [-0.3, -0.25) is 0 Å². The van der Waals surface area contributed by atoms with Crippen molar-refractivity contribution in [2.45, 2.75) is 14.9 Å². The molecule has 8 heavy (non-hydrogen) atoms. The molecule has 0 aliphatic rings. The summed E-state index contributed by atoms with van der Waals surface area (Å²) in [7, 11) is 1.86. The molecule has 0 saturated heterocycles. The molecule has 2 heteroatoms. The molecule has 0 fully saturated rings. The lowest BCUT2D eigenvalue weighted by atomic mass is 11.0. The van der Waals surface area contributed by atoms with Gasteiger partial charge in [-0.05, 0) is 6.26 Å². The fourth-order valence-corrected chi connectivity index (χ4v) is 0.306. The van der Waals surface area contributed by atoms with Crippen molar-refractivity contribution in [2.24, 2.45) is 0 Å². The van der Waals surface area contributed by atoms with Gasteiger partial charge in [0.15, 0.2) is 0 Å². The van der Waals surface area contributed by atoms with Crippen LogP contribution in [0.2, 0.25) is 0 Å². The van der Waals surface area contributed by atoms with E-state index in [1.165, 1.54) is 0 Å². The lowest BCUT2D eigenvalue weighted by Gasteiger charge is -1.94. The summed E-state index contributed by atoms with van der Waals surface area (Å²) >= 11 is 1.62. The molecular weight excluding hydrogens is 118 g/mol. The van der Waals surface area contributed by atoms with Gasteiger partial charge in [-0.25, -0.2) is 0 Å². The first kappa shape index (κ1) is 15.7. The Morgan fingerprint density at radius 1 is 1.50 bits per heavy atom. The van der Waals surface area contributed by atoms with Crippen LogP contribution in [0.15, 0.2) is 11.6 Å². The van der Waals surface area contributed by atoms with E-state index in [0.29, 0.717) is 0 Å². The fraction of sp³-hybridized carbons (Fsp3) is 0.667. The highest BCUT2D eigenvalue weighted by Crippen LogP contribution is 2.00. The Morgan fingerprint density at radius 3 is 1.88 bits per heavy atom. The second-order valence-electron chi connectivity index (χ2n) is 0.877. The van der Waals surface area contributed by atoms with Crippen molar-refractivity contribution in [3.8, 4) is 0 Å². The predicted octanol–water partition coefficient (Wildman–Crippen LogP) is 2.31.